The number of benzene rings is 1. The summed E-state index contributed by atoms with van der Waals surface area (Å²) in [5, 5.41) is 9.05. The number of hydrogen-bond donors (Lipinski definition) is 1. The van der Waals surface area contributed by atoms with Crippen molar-refractivity contribution in [3.63, 3.8) is 0 Å². The van der Waals surface area contributed by atoms with E-state index < -0.39 is 62.2 Å². The number of carbonyl (C=O) groups excluding carboxylic acids is 2. The molecule has 35 heavy (non-hydrogen) atoms. The van der Waals surface area contributed by atoms with Crippen LogP contribution in [0.15, 0.2) is 18.2 Å². The second kappa shape index (κ2) is 9.29. The Morgan fingerprint density at radius 2 is 1.89 bits per heavy atom. The molecule has 2 saturated heterocycles. The molecule has 2 aliphatic rings. The van der Waals surface area contributed by atoms with Crippen molar-refractivity contribution in [3.05, 3.63) is 29.3 Å². The molecule has 14 heteroatoms. The van der Waals surface area contributed by atoms with E-state index in [4.69, 9.17) is 10.00 Å². The molecule has 0 saturated carbocycles. The zero-order valence-electron chi connectivity index (χ0n) is 19.2. The van der Waals surface area contributed by atoms with Gasteiger partial charge in [-0.05, 0) is 51.8 Å². The third kappa shape index (κ3) is 4.93. The van der Waals surface area contributed by atoms with Crippen LogP contribution in [-0.2, 0) is 25.8 Å². The van der Waals surface area contributed by atoms with Gasteiger partial charge in [-0.1, -0.05) is 0 Å². The average Bonchev–Trinajstić information content (AvgIpc) is 2.99. The first-order valence-corrected chi connectivity index (χ1v) is 12.3. The first-order valence-electron chi connectivity index (χ1n) is 10.8. The van der Waals surface area contributed by atoms with Crippen LogP contribution in [-0.4, -0.2) is 71.5 Å². The SMILES string of the molecule is CCOC(=O)N1CCC(N2C(S(=O)(=O)O)N(c3ccc(C#N)c(C(F)(F)F)c3)C(=O)C2(C)C)CC1. The number of nitriles is 1. The van der Waals surface area contributed by atoms with Crippen molar-refractivity contribution in [2.75, 3.05) is 24.6 Å². The smallest absolute Gasteiger partial charge is 0.417 e. The van der Waals surface area contributed by atoms with E-state index >= 15 is 0 Å². The van der Waals surface area contributed by atoms with Crippen molar-refractivity contribution < 1.29 is 40.5 Å². The van der Waals surface area contributed by atoms with Crippen LogP contribution < -0.4 is 4.90 Å². The monoisotopic (exact) mass is 518 g/mol. The molecule has 0 spiro atoms. The van der Waals surface area contributed by atoms with Gasteiger partial charge in [0.25, 0.3) is 0 Å². The Bertz CT molecular complexity index is 1160. The van der Waals surface area contributed by atoms with Crippen LogP contribution in [0.25, 0.3) is 0 Å². The summed E-state index contributed by atoms with van der Waals surface area (Å²) in [6, 6.07) is 3.23. The molecule has 1 atom stereocenters. The van der Waals surface area contributed by atoms with Gasteiger partial charge in [0, 0.05) is 24.8 Å². The molecular formula is C21H25F3N4O6S. The molecule has 0 aromatic heterocycles. The van der Waals surface area contributed by atoms with E-state index in [1.54, 1.807) is 6.92 Å². The van der Waals surface area contributed by atoms with Crippen molar-refractivity contribution in [3.8, 4) is 6.07 Å². The average molecular weight is 519 g/mol. The van der Waals surface area contributed by atoms with Crippen LogP contribution >= 0.6 is 0 Å². The normalized spacial score (nSPS) is 21.8. The number of halogens is 3. The minimum Gasteiger partial charge on any atom is -0.450 e. The summed E-state index contributed by atoms with van der Waals surface area (Å²) in [4.78, 5) is 28.7. The van der Waals surface area contributed by atoms with E-state index in [1.165, 1.54) is 29.7 Å². The molecule has 2 fully saturated rings. The van der Waals surface area contributed by atoms with Crippen molar-refractivity contribution in [2.45, 2.75) is 56.9 Å². The maximum atomic E-state index is 13.5. The highest BCUT2D eigenvalue weighted by molar-refractivity contribution is 7.86. The van der Waals surface area contributed by atoms with Gasteiger partial charge in [-0.3, -0.25) is 19.1 Å². The fourth-order valence-corrected chi connectivity index (χ4v) is 5.83. The number of likely N-dealkylation sites (tertiary alicyclic amines) is 1. The summed E-state index contributed by atoms with van der Waals surface area (Å²) in [6.45, 7) is 5.05. The van der Waals surface area contributed by atoms with Crippen LogP contribution in [0.4, 0.5) is 23.7 Å². The number of ether oxygens (including phenoxy) is 1. The van der Waals surface area contributed by atoms with Gasteiger partial charge in [0.2, 0.25) is 11.4 Å². The molecule has 0 radical (unpaired) electrons. The highest BCUT2D eigenvalue weighted by atomic mass is 32.2. The topological polar surface area (TPSA) is 131 Å². The summed E-state index contributed by atoms with van der Waals surface area (Å²) < 4.78 is 80.7. The molecule has 2 aliphatic heterocycles. The number of piperidine rings is 1. The Hall–Kier alpha value is -2.89. The lowest BCUT2D eigenvalue weighted by Gasteiger charge is -2.42. The third-order valence-electron chi connectivity index (χ3n) is 6.20. The van der Waals surface area contributed by atoms with Crippen molar-refractivity contribution >= 4 is 27.8 Å². The number of rotatable bonds is 4. The van der Waals surface area contributed by atoms with Gasteiger partial charge in [-0.2, -0.15) is 26.9 Å². The summed E-state index contributed by atoms with van der Waals surface area (Å²) in [5.41, 5.74) is -5.98. The lowest BCUT2D eigenvalue weighted by atomic mass is 9.96. The molecule has 1 aromatic rings. The van der Waals surface area contributed by atoms with Crippen molar-refractivity contribution in [1.82, 2.24) is 9.80 Å². The molecule has 2 heterocycles. The fourth-order valence-electron chi connectivity index (χ4n) is 4.62. The maximum Gasteiger partial charge on any atom is 0.417 e. The molecule has 2 amide bonds. The number of carbonyl (C=O) groups is 2. The van der Waals surface area contributed by atoms with Crippen LogP contribution in [0.3, 0.4) is 0 Å². The van der Waals surface area contributed by atoms with E-state index in [0.29, 0.717) is 11.0 Å². The van der Waals surface area contributed by atoms with Crippen LogP contribution in [0.2, 0.25) is 0 Å². The predicted octanol–water partition coefficient (Wildman–Crippen LogP) is 2.80. The number of alkyl halides is 3. The molecule has 10 nitrogen and oxygen atoms in total. The first kappa shape index (κ1) is 26.7. The molecule has 1 aromatic carbocycles. The summed E-state index contributed by atoms with van der Waals surface area (Å²) in [6.07, 6.45) is -5.01. The molecule has 0 bridgehead atoms. The lowest BCUT2D eigenvalue weighted by molar-refractivity contribution is -0.137. The van der Waals surface area contributed by atoms with Crippen LogP contribution in [0.1, 0.15) is 44.7 Å². The van der Waals surface area contributed by atoms with E-state index in [9.17, 15) is 35.7 Å². The van der Waals surface area contributed by atoms with Gasteiger partial charge in [0.1, 0.15) is 0 Å². The summed E-state index contributed by atoms with van der Waals surface area (Å²) in [5.74, 6) is -0.842. The van der Waals surface area contributed by atoms with E-state index in [-0.39, 0.29) is 32.5 Å². The summed E-state index contributed by atoms with van der Waals surface area (Å²) in [7, 11) is -5.03. The molecule has 1 N–H and O–H groups in total. The Labute approximate surface area is 200 Å². The van der Waals surface area contributed by atoms with Gasteiger partial charge in [0.15, 0.2) is 0 Å². The highest BCUT2D eigenvalue weighted by Crippen LogP contribution is 2.42. The molecule has 1 unspecified atom stereocenters. The maximum absolute atomic E-state index is 13.5. The van der Waals surface area contributed by atoms with Crippen LogP contribution in [0.5, 0.6) is 0 Å². The Kier molecular flexibility index (Phi) is 7.09. The molecule has 3 rings (SSSR count). The van der Waals surface area contributed by atoms with E-state index in [0.717, 1.165) is 12.1 Å². The second-order valence-electron chi connectivity index (χ2n) is 8.74. The second-order valence-corrected chi connectivity index (χ2v) is 10.2. The van der Waals surface area contributed by atoms with E-state index in [2.05, 4.69) is 0 Å². The van der Waals surface area contributed by atoms with Gasteiger partial charge in [-0.15, -0.1) is 0 Å². The van der Waals surface area contributed by atoms with Crippen molar-refractivity contribution in [1.29, 1.82) is 5.26 Å². The third-order valence-corrected chi connectivity index (χ3v) is 7.17. The Balaban J connectivity index is 2.04. The predicted molar refractivity (Wildman–Crippen MR) is 117 cm³/mol. The molecule has 192 valence electrons. The number of anilines is 1. The van der Waals surface area contributed by atoms with E-state index in [1.807, 2.05) is 0 Å². The minimum absolute atomic E-state index is 0.177. The zero-order valence-corrected chi connectivity index (χ0v) is 20.1. The van der Waals surface area contributed by atoms with Crippen molar-refractivity contribution in [2.24, 2.45) is 0 Å². The number of amides is 2. The Morgan fingerprint density at radius 3 is 2.37 bits per heavy atom. The molecule has 0 aliphatic carbocycles. The largest absolute Gasteiger partial charge is 0.450 e. The standard InChI is InChI=1S/C21H25F3N4O6S/c1-4-34-19(30)26-9-7-14(8-10-26)28-18(35(31,32)33)27(17(29)20(28,2)3)15-6-5-13(12-25)16(11-15)21(22,23)24/h5-6,11,14,18H,4,7-10H2,1-3H3,(H,31,32,33). The van der Waals surface area contributed by atoms with Crippen LogP contribution in [0, 0.1) is 11.3 Å². The fraction of sp³-hybridized carbons (Fsp3) is 0.571. The van der Waals surface area contributed by atoms with Gasteiger partial charge in [0.05, 0.1) is 29.3 Å². The highest BCUT2D eigenvalue weighted by Gasteiger charge is 2.59. The first-order chi connectivity index (χ1) is 16.1. The number of nitrogens with zero attached hydrogens (tertiary/aromatic N) is 4. The quantitative estimate of drug-likeness (QED) is 0.602. The number of hydrogen-bond acceptors (Lipinski definition) is 7. The van der Waals surface area contributed by atoms with Gasteiger partial charge < -0.3 is 9.64 Å². The van der Waals surface area contributed by atoms with Gasteiger partial charge in [-0.25, -0.2) is 4.79 Å². The Morgan fingerprint density at radius 1 is 1.29 bits per heavy atom. The zero-order chi connectivity index (χ0) is 26.3. The molecular weight excluding hydrogens is 493 g/mol. The summed E-state index contributed by atoms with van der Waals surface area (Å²) >= 11 is 0. The van der Waals surface area contributed by atoms with Gasteiger partial charge >= 0.3 is 22.4 Å². The minimum atomic E-state index is -5.03. The lowest BCUT2D eigenvalue weighted by Crippen LogP contribution is -2.57.